The first-order valence-corrected chi connectivity index (χ1v) is 10.4. The number of amides is 4. The van der Waals surface area contributed by atoms with Crippen molar-refractivity contribution in [2.24, 2.45) is 0 Å². The van der Waals surface area contributed by atoms with Crippen molar-refractivity contribution in [2.45, 2.75) is 33.1 Å². The van der Waals surface area contributed by atoms with Gasteiger partial charge >= 0.3 is 6.03 Å². The average molecular weight is 421 g/mol. The first kappa shape index (κ1) is 20.8. The van der Waals surface area contributed by atoms with E-state index < -0.39 is 23.7 Å². The Morgan fingerprint density at radius 3 is 2.48 bits per heavy atom. The molecule has 0 unspecified atom stereocenters. The summed E-state index contributed by atoms with van der Waals surface area (Å²) in [5, 5.41) is 2.23. The topological polar surface area (TPSA) is 69.7 Å². The summed E-state index contributed by atoms with van der Waals surface area (Å²) in [5.74, 6) is -1.91. The van der Waals surface area contributed by atoms with Gasteiger partial charge in [0.1, 0.15) is 11.4 Å². The highest BCUT2D eigenvalue weighted by atomic mass is 19.1. The molecule has 0 spiro atoms. The van der Waals surface area contributed by atoms with E-state index in [0.29, 0.717) is 23.4 Å². The maximum absolute atomic E-state index is 14.8. The minimum absolute atomic E-state index is 0.207. The predicted octanol–water partition coefficient (Wildman–Crippen LogP) is 3.96. The number of hydrogen-bond donors (Lipinski definition) is 1. The number of barbiturate groups is 1. The molecule has 31 heavy (non-hydrogen) atoms. The number of aryl methyl sites for hydroxylation is 2. The van der Waals surface area contributed by atoms with Crippen LogP contribution >= 0.6 is 0 Å². The Kier molecular flexibility index (Phi) is 5.59. The summed E-state index contributed by atoms with van der Waals surface area (Å²) in [5.41, 5.74) is 2.73. The fraction of sp³-hybridized carbons (Fsp3) is 0.292. The van der Waals surface area contributed by atoms with Crippen molar-refractivity contribution in [3.8, 4) is 0 Å². The van der Waals surface area contributed by atoms with Gasteiger partial charge in [0, 0.05) is 13.1 Å². The van der Waals surface area contributed by atoms with Crippen LogP contribution in [0.5, 0.6) is 0 Å². The molecule has 0 aromatic heterocycles. The SMILES string of the molecule is CCc1ccccc1N1C(=O)NC(=O)C(=Cc2cc(F)c(N3CCCC3)cc2C)C1=O. The van der Waals surface area contributed by atoms with Crippen LogP contribution in [-0.2, 0) is 16.0 Å². The van der Waals surface area contributed by atoms with Gasteiger partial charge in [-0.1, -0.05) is 25.1 Å². The second-order valence-electron chi connectivity index (χ2n) is 7.79. The number of carbonyl (C=O) groups excluding carboxylic acids is 3. The van der Waals surface area contributed by atoms with Crippen molar-refractivity contribution < 1.29 is 18.8 Å². The lowest BCUT2D eigenvalue weighted by Crippen LogP contribution is -2.54. The molecular formula is C24H24FN3O3. The third-order valence-corrected chi connectivity index (χ3v) is 5.80. The minimum atomic E-state index is -0.791. The Morgan fingerprint density at radius 2 is 1.77 bits per heavy atom. The van der Waals surface area contributed by atoms with Gasteiger partial charge in [-0.15, -0.1) is 0 Å². The summed E-state index contributed by atoms with van der Waals surface area (Å²) < 4.78 is 14.8. The number of benzene rings is 2. The fourth-order valence-corrected chi connectivity index (χ4v) is 4.10. The summed E-state index contributed by atoms with van der Waals surface area (Å²) in [6.07, 6.45) is 4.03. The normalized spacial score (nSPS) is 18.2. The molecule has 2 heterocycles. The minimum Gasteiger partial charge on any atom is -0.369 e. The van der Waals surface area contributed by atoms with E-state index >= 15 is 0 Å². The Hall–Kier alpha value is -3.48. The van der Waals surface area contributed by atoms with Crippen LogP contribution in [0.3, 0.4) is 0 Å². The van der Waals surface area contributed by atoms with Crippen LogP contribution in [0.4, 0.5) is 20.6 Å². The van der Waals surface area contributed by atoms with Gasteiger partial charge in [-0.05, 0) is 67.2 Å². The van der Waals surface area contributed by atoms with Crippen LogP contribution in [0.25, 0.3) is 6.08 Å². The van der Waals surface area contributed by atoms with Crippen LogP contribution in [-0.4, -0.2) is 30.9 Å². The molecule has 0 saturated carbocycles. The van der Waals surface area contributed by atoms with Crippen molar-refractivity contribution in [2.75, 3.05) is 22.9 Å². The van der Waals surface area contributed by atoms with Crippen molar-refractivity contribution >= 4 is 35.3 Å². The standard InChI is InChI=1S/C24H24FN3O3/c1-3-16-8-4-5-9-20(16)28-23(30)18(22(29)26-24(28)31)13-17-14-19(25)21(12-15(17)2)27-10-6-7-11-27/h4-5,8-9,12-14H,3,6-7,10-11H2,1-2H3,(H,26,29,31). The first-order valence-electron chi connectivity index (χ1n) is 10.4. The molecule has 1 N–H and O–H groups in total. The molecule has 2 saturated heterocycles. The van der Waals surface area contributed by atoms with E-state index in [0.717, 1.165) is 42.0 Å². The molecule has 2 aromatic carbocycles. The molecule has 4 amide bonds. The first-order chi connectivity index (χ1) is 14.9. The fourth-order valence-electron chi connectivity index (χ4n) is 4.10. The zero-order chi connectivity index (χ0) is 22.1. The lowest BCUT2D eigenvalue weighted by molar-refractivity contribution is -0.122. The van der Waals surface area contributed by atoms with E-state index in [1.54, 1.807) is 18.2 Å². The monoisotopic (exact) mass is 421 g/mol. The number of nitrogens with zero attached hydrogens (tertiary/aromatic N) is 2. The second kappa shape index (κ2) is 8.34. The zero-order valence-electron chi connectivity index (χ0n) is 17.6. The van der Waals surface area contributed by atoms with Crippen LogP contribution < -0.4 is 15.1 Å². The summed E-state index contributed by atoms with van der Waals surface area (Å²) in [6, 6.07) is 9.34. The molecule has 0 radical (unpaired) electrons. The zero-order valence-corrected chi connectivity index (χ0v) is 17.6. The number of urea groups is 1. The molecule has 2 aliphatic rings. The summed E-state index contributed by atoms with van der Waals surface area (Å²) in [4.78, 5) is 41.1. The van der Waals surface area contributed by atoms with Crippen molar-refractivity contribution in [3.63, 3.8) is 0 Å². The third kappa shape index (κ3) is 3.83. The summed E-state index contributed by atoms with van der Waals surface area (Å²) in [7, 11) is 0. The highest BCUT2D eigenvalue weighted by molar-refractivity contribution is 6.39. The molecule has 7 heteroatoms. The third-order valence-electron chi connectivity index (χ3n) is 5.80. The number of imide groups is 2. The Bertz CT molecular complexity index is 1100. The molecular weight excluding hydrogens is 397 g/mol. The molecule has 2 aliphatic heterocycles. The quantitative estimate of drug-likeness (QED) is 0.599. The maximum Gasteiger partial charge on any atom is 0.335 e. The number of carbonyl (C=O) groups is 3. The predicted molar refractivity (Wildman–Crippen MR) is 117 cm³/mol. The van der Waals surface area contributed by atoms with Gasteiger partial charge in [0.25, 0.3) is 11.8 Å². The highest BCUT2D eigenvalue weighted by Gasteiger charge is 2.37. The maximum atomic E-state index is 14.8. The van der Waals surface area contributed by atoms with E-state index in [1.807, 2.05) is 30.9 Å². The highest BCUT2D eigenvalue weighted by Crippen LogP contribution is 2.30. The molecule has 4 rings (SSSR count). The second-order valence-corrected chi connectivity index (χ2v) is 7.79. The molecule has 2 fully saturated rings. The lowest BCUT2D eigenvalue weighted by atomic mass is 10.0. The van der Waals surface area contributed by atoms with Gasteiger partial charge in [-0.2, -0.15) is 0 Å². The number of halogens is 1. The molecule has 160 valence electrons. The Balaban J connectivity index is 1.73. The van der Waals surface area contributed by atoms with Gasteiger partial charge < -0.3 is 4.90 Å². The molecule has 6 nitrogen and oxygen atoms in total. The number of rotatable bonds is 4. The van der Waals surface area contributed by atoms with Crippen molar-refractivity contribution in [1.82, 2.24) is 5.32 Å². The average Bonchev–Trinajstić information content (AvgIpc) is 3.28. The number of anilines is 2. The molecule has 0 atom stereocenters. The summed E-state index contributed by atoms with van der Waals surface area (Å²) >= 11 is 0. The van der Waals surface area contributed by atoms with Crippen LogP contribution in [0.2, 0.25) is 0 Å². The van der Waals surface area contributed by atoms with E-state index in [9.17, 15) is 18.8 Å². The number of para-hydroxylation sites is 1. The van der Waals surface area contributed by atoms with E-state index in [2.05, 4.69) is 5.32 Å². The van der Waals surface area contributed by atoms with E-state index in [4.69, 9.17) is 0 Å². The number of nitrogens with one attached hydrogen (secondary N) is 1. The van der Waals surface area contributed by atoms with E-state index in [-0.39, 0.29) is 5.57 Å². The molecule has 0 bridgehead atoms. The smallest absolute Gasteiger partial charge is 0.335 e. The van der Waals surface area contributed by atoms with Crippen molar-refractivity contribution in [3.05, 3.63) is 64.5 Å². The largest absolute Gasteiger partial charge is 0.369 e. The van der Waals surface area contributed by atoms with Crippen LogP contribution in [0, 0.1) is 12.7 Å². The molecule has 0 aliphatic carbocycles. The van der Waals surface area contributed by atoms with Gasteiger partial charge in [0.05, 0.1) is 11.4 Å². The Morgan fingerprint density at radius 1 is 1.06 bits per heavy atom. The summed E-state index contributed by atoms with van der Waals surface area (Å²) in [6.45, 7) is 5.35. The molecule has 2 aromatic rings. The lowest BCUT2D eigenvalue weighted by Gasteiger charge is -2.28. The van der Waals surface area contributed by atoms with Gasteiger partial charge in [0.15, 0.2) is 0 Å². The van der Waals surface area contributed by atoms with Gasteiger partial charge in [-0.3, -0.25) is 14.9 Å². The van der Waals surface area contributed by atoms with Crippen molar-refractivity contribution in [1.29, 1.82) is 0 Å². The van der Waals surface area contributed by atoms with Crippen LogP contribution in [0.15, 0.2) is 42.0 Å². The van der Waals surface area contributed by atoms with Gasteiger partial charge in [-0.25, -0.2) is 14.1 Å². The van der Waals surface area contributed by atoms with Crippen LogP contribution in [0.1, 0.15) is 36.5 Å². The Labute approximate surface area is 180 Å². The van der Waals surface area contributed by atoms with Gasteiger partial charge in [0.2, 0.25) is 0 Å². The number of hydrogen-bond acceptors (Lipinski definition) is 4. The van der Waals surface area contributed by atoms with E-state index in [1.165, 1.54) is 12.1 Å².